The van der Waals surface area contributed by atoms with Gasteiger partial charge >= 0.3 is 0 Å². The molecule has 0 spiro atoms. The van der Waals surface area contributed by atoms with E-state index in [1.165, 1.54) is 12.1 Å². The molecule has 0 radical (unpaired) electrons. The number of hydrogen-bond acceptors (Lipinski definition) is 3. The van der Waals surface area contributed by atoms with Crippen molar-refractivity contribution in [2.75, 3.05) is 6.54 Å². The highest BCUT2D eigenvalue weighted by atomic mass is 32.2. The van der Waals surface area contributed by atoms with Crippen molar-refractivity contribution in [1.29, 1.82) is 0 Å². The van der Waals surface area contributed by atoms with Gasteiger partial charge in [-0.2, -0.15) is 0 Å². The Bertz CT molecular complexity index is 658. The van der Waals surface area contributed by atoms with Crippen LogP contribution in [0.15, 0.2) is 53.7 Å². The second kappa shape index (κ2) is 7.28. The lowest BCUT2D eigenvalue weighted by Crippen LogP contribution is -2.24. The van der Waals surface area contributed by atoms with E-state index in [9.17, 15) is 12.8 Å². The van der Waals surface area contributed by atoms with Crippen LogP contribution in [0.4, 0.5) is 4.39 Å². The lowest BCUT2D eigenvalue weighted by molar-refractivity contribution is 0.576. The van der Waals surface area contributed by atoms with Crippen molar-refractivity contribution in [1.82, 2.24) is 9.71 Å². The highest BCUT2D eigenvalue weighted by Crippen LogP contribution is 2.10. The largest absolute Gasteiger partial charge is 0.264 e. The maximum Gasteiger partial charge on any atom is 0.240 e. The van der Waals surface area contributed by atoms with Crippen LogP contribution < -0.4 is 4.72 Å². The molecular weight excluding hydrogens is 291 g/mol. The number of halogens is 1. The van der Waals surface area contributed by atoms with Gasteiger partial charge in [0.2, 0.25) is 10.0 Å². The van der Waals surface area contributed by atoms with Gasteiger partial charge in [-0.15, -0.1) is 0 Å². The first-order chi connectivity index (χ1) is 10.1. The third-order valence-corrected chi connectivity index (χ3v) is 4.51. The summed E-state index contributed by atoms with van der Waals surface area (Å²) in [6.45, 7) is 0.361. The minimum absolute atomic E-state index is 0.0798. The van der Waals surface area contributed by atoms with Crippen LogP contribution in [0.25, 0.3) is 0 Å². The van der Waals surface area contributed by atoms with Crippen molar-refractivity contribution in [2.45, 2.75) is 24.2 Å². The van der Waals surface area contributed by atoms with Crippen LogP contribution >= 0.6 is 0 Å². The minimum Gasteiger partial charge on any atom is -0.264 e. The van der Waals surface area contributed by atoms with Gasteiger partial charge in [0, 0.05) is 18.9 Å². The van der Waals surface area contributed by atoms with E-state index < -0.39 is 15.8 Å². The minimum atomic E-state index is -3.55. The van der Waals surface area contributed by atoms with E-state index in [2.05, 4.69) is 9.71 Å². The van der Waals surface area contributed by atoms with Gasteiger partial charge in [-0.1, -0.05) is 6.07 Å². The van der Waals surface area contributed by atoms with Crippen LogP contribution in [-0.2, 0) is 16.4 Å². The smallest absolute Gasteiger partial charge is 0.240 e. The Hall–Kier alpha value is -1.79. The first kappa shape index (κ1) is 15.6. The fraction of sp³-hybridized carbons (Fsp3) is 0.267. The molecule has 0 bridgehead atoms. The molecule has 0 amide bonds. The van der Waals surface area contributed by atoms with Crippen LogP contribution in [0, 0.1) is 5.82 Å². The molecule has 0 aliphatic carbocycles. The second-order valence-electron chi connectivity index (χ2n) is 4.67. The summed E-state index contributed by atoms with van der Waals surface area (Å²) >= 11 is 0. The molecule has 6 heteroatoms. The first-order valence-electron chi connectivity index (χ1n) is 6.72. The summed E-state index contributed by atoms with van der Waals surface area (Å²) < 4.78 is 39.1. The topological polar surface area (TPSA) is 59.1 Å². The SMILES string of the molecule is O=S(=O)(NCCCCc1cccnc1)c1ccc(F)cc1. The Labute approximate surface area is 124 Å². The fourth-order valence-corrected chi connectivity index (χ4v) is 2.98. The Morgan fingerprint density at radius 1 is 1.10 bits per heavy atom. The molecule has 0 atom stereocenters. The summed E-state index contributed by atoms with van der Waals surface area (Å²) in [5, 5.41) is 0. The van der Waals surface area contributed by atoms with Crippen LogP contribution in [0.5, 0.6) is 0 Å². The lowest BCUT2D eigenvalue weighted by atomic mass is 10.1. The Kier molecular flexibility index (Phi) is 5.41. The zero-order valence-corrected chi connectivity index (χ0v) is 12.3. The number of sulfonamides is 1. The normalized spacial score (nSPS) is 11.5. The Morgan fingerprint density at radius 2 is 1.86 bits per heavy atom. The van der Waals surface area contributed by atoms with Crippen LogP contribution in [0.3, 0.4) is 0 Å². The van der Waals surface area contributed by atoms with E-state index in [1.54, 1.807) is 6.20 Å². The molecule has 0 saturated heterocycles. The van der Waals surface area contributed by atoms with E-state index in [1.807, 2.05) is 18.3 Å². The number of nitrogens with one attached hydrogen (secondary N) is 1. The molecule has 0 unspecified atom stereocenters. The average Bonchev–Trinajstić information content (AvgIpc) is 2.48. The number of aromatic nitrogens is 1. The van der Waals surface area contributed by atoms with Crippen molar-refractivity contribution in [3.05, 3.63) is 60.2 Å². The van der Waals surface area contributed by atoms with Crippen molar-refractivity contribution >= 4 is 10.0 Å². The number of unbranched alkanes of at least 4 members (excludes halogenated alkanes) is 1. The number of rotatable bonds is 7. The van der Waals surface area contributed by atoms with Gasteiger partial charge in [-0.05, 0) is 55.2 Å². The summed E-state index contributed by atoms with van der Waals surface area (Å²) in [7, 11) is -3.55. The van der Waals surface area contributed by atoms with Crippen LogP contribution in [-0.4, -0.2) is 19.9 Å². The van der Waals surface area contributed by atoms with Crippen molar-refractivity contribution < 1.29 is 12.8 Å². The van der Waals surface area contributed by atoms with Crippen LogP contribution in [0.1, 0.15) is 18.4 Å². The van der Waals surface area contributed by atoms with E-state index >= 15 is 0 Å². The van der Waals surface area contributed by atoms with Gasteiger partial charge in [0.05, 0.1) is 4.90 Å². The van der Waals surface area contributed by atoms with Gasteiger partial charge < -0.3 is 0 Å². The predicted molar refractivity (Wildman–Crippen MR) is 78.8 cm³/mol. The van der Waals surface area contributed by atoms with Gasteiger partial charge in [0.1, 0.15) is 5.82 Å². The zero-order valence-electron chi connectivity index (χ0n) is 11.5. The Morgan fingerprint density at radius 3 is 2.52 bits per heavy atom. The monoisotopic (exact) mass is 308 g/mol. The van der Waals surface area contributed by atoms with Crippen molar-refractivity contribution in [2.24, 2.45) is 0 Å². The summed E-state index contributed by atoms with van der Waals surface area (Å²) in [6.07, 6.45) is 6.00. The molecule has 0 aliphatic heterocycles. The highest BCUT2D eigenvalue weighted by molar-refractivity contribution is 7.89. The van der Waals surface area contributed by atoms with Crippen molar-refractivity contribution in [3.63, 3.8) is 0 Å². The molecule has 0 aliphatic rings. The van der Waals surface area contributed by atoms with E-state index in [4.69, 9.17) is 0 Å². The summed E-state index contributed by atoms with van der Waals surface area (Å²) in [5.74, 6) is -0.453. The van der Waals surface area contributed by atoms with E-state index in [0.717, 1.165) is 37.0 Å². The molecule has 2 rings (SSSR count). The molecule has 21 heavy (non-hydrogen) atoms. The molecule has 0 fully saturated rings. The Balaban J connectivity index is 1.76. The molecule has 1 heterocycles. The molecular formula is C15H17FN2O2S. The second-order valence-corrected chi connectivity index (χ2v) is 6.44. The van der Waals surface area contributed by atoms with Gasteiger partial charge in [-0.3, -0.25) is 4.98 Å². The summed E-state index contributed by atoms with van der Waals surface area (Å²) in [6, 6.07) is 8.66. The molecule has 0 saturated carbocycles. The number of pyridine rings is 1. The maximum atomic E-state index is 12.8. The zero-order chi connectivity index (χ0) is 15.1. The van der Waals surface area contributed by atoms with Crippen LogP contribution in [0.2, 0.25) is 0 Å². The number of aryl methyl sites for hydroxylation is 1. The highest BCUT2D eigenvalue weighted by Gasteiger charge is 2.12. The standard InChI is InChI=1S/C15H17FN2O2S/c16-14-6-8-15(9-7-14)21(19,20)18-11-2-1-4-13-5-3-10-17-12-13/h3,5-10,12,18H,1-2,4,11H2. The summed E-state index contributed by atoms with van der Waals surface area (Å²) in [5.41, 5.74) is 1.14. The summed E-state index contributed by atoms with van der Waals surface area (Å²) in [4.78, 5) is 4.11. The molecule has 1 N–H and O–H groups in total. The van der Waals surface area contributed by atoms with E-state index in [0.29, 0.717) is 6.54 Å². The lowest BCUT2D eigenvalue weighted by Gasteiger charge is -2.06. The number of nitrogens with zero attached hydrogens (tertiary/aromatic N) is 1. The van der Waals surface area contributed by atoms with Crippen molar-refractivity contribution in [3.8, 4) is 0 Å². The fourth-order valence-electron chi connectivity index (χ4n) is 1.90. The maximum absolute atomic E-state index is 12.8. The third-order valence-electron chi connectivity index (χ3n) is 3.03. The quantitative estimate of drug-likeness (QED) is 0.800. The molecule has 1 aromatic heterocycles. The molecule has 2 aromatic rings. The van der Waals surface area contributed by atoms with Gasteiger partial charge in [0.15, 0.2) is 0 Å². The molecule has 4 nitrogen and oxygen atoms in total. The van der Waals surface area contributed by atoms with Gasteiger partial charge in [-0.25, -0.2) is 17.5 Å². The first-order valence-corrected chi connectivity index (χ1v) is 8.20. The third kappa shape index (κ3) is 4.91. The number of benzene rings is 1. The average molecular weight is 308 g/mol. The predicted octanol–water partition coefficient (Wildman–Crippen LogP) is 2.52. The number of hydrogen-bond donors (Lipinski definition) is 1. The molecule has 1 aromatic carbocycles. The van der Waals surface area contributed by atoms with E-state index in [-0.39, 0.29) is 4.90 Å². The molecule has 112 valence electrons. The van der Waals surface area contributed by atoms with Gasteiger partial charge in [0.25, 0.3) is 0 Å².